The molecule has 0 fully saturated rings. The Labute approximate surface area is 88.2 Å². The third-order valence-corrected chi connectivity index (χ3v) is 2.69. The van der Waals surface area contributed by atoms with Gasteiger partial charge in [0.1, 0.15) is 5.82 Å². The molecule has 0 saturated heterocycles. The zero-order valence-corrected chi connectivity index (χ0v) is 8.78. The van der Waals surface area contributed by atoms with E-state index in [0.29, 0.717) is 13.1 Å². The number of rotatable bonds is 3. The lowest BCUT2D eigenvalue weighted by Crippen LogP contribution is -2.28. The van der Waals surface area contributed by atoms with Gasteiger partial charge in [-0.15, -0.1) is 0 Å². The molecule has 0 unspecified atom stereocenters. The van der Waals surface area contributed by atoms with Crippen LogP contribution in [0.5, 0.6) is 0 Å². The molecule has 2 rings (SSSR count). The van der Waals surface area contributed by atoms with Gasteiger partial charge in [-0.3, -0.25) is 4.57 Å². The van der Waals surface area contributed by atoms with E-state index in [1.165, 1.54) is 4.68 Å². The molecule has 0 bridgehead atoms. The van der Waals surface area contributed by atoms with Gasteiger partial charge in [0.05, 0.1) is 6.54 Å². The van der Waals surface area contributed by atoms with Crippen molar-refractivity contribution >= 4 is 0 Å². The second-order valence-corrected chi connectivity index (χ2v) is 3.92. The fourth-order valence-corrected chi connectivity index (χ4v) is 1.83. The van der Waals surface area contributed by atoms with Crippen LogP contribution in [-0.2, 0) is 19.5 Å². The maximum atomic E-state index is 11.8. The van der Waals surface area contributed by atoms with Gasteiger partial charge in [-0.1, -0.05) is 6.58 Å². The molecule has 2 N–H and O–H groups in total. The SMILES string of the molecule is C=C(CN)Cn1nc2n(c1=O)CCCC2. The minimum Gasteiger partial charge on any atom is -0.327 e. The predicted molar refractivity (Wildman–Crippen MR) is 57.6 cm³/mol. The molecule has 0 saturated carbocycles. The number of aryl methyl sites for hydroxylation is 1. The van der Waals surface area contributed by atoms with Gasteiger partial charge in [0.25, 0.3) is 0 Å². The largest absolute Gasteiger partial charge is 0.346 e. The van der Waals surface area contributed by atoms with Gasteiger partial charge >= 0.3 is 5.69 Å². The molecule has 2 heterocycles. The molecule has 1 aliphatic heterocycles. The summed E-state index contributed by atoms with van der Waals surface area (Å²) in [6.07, 6.45) is 3.09. The maximum Gasteiger partial charge on any atom is 0.346 e. The van der Waals surface area contributed by atoms with E-state index in [4.69, 9.17) is 5.73 Å². The first-order valence-corrected chi connectivity index (χ1v) is 5.25. The summed E-state index contributed by atoms with van der Waals surface area (Å²) >= 11 is 0. The highest BCUT2D eigenvalue weighted by Crippen LogP contribution is 2.09. The number of aromatic nitrogens is 3. The van der Waals surface area contributed by atoms with Crippen LogP contribution in [0.25, 0.3) is 0 Å². The third kappa shape index (κ3) is 1.87. The fraction of sp³-hybridized carbons (Fsp3) is 0.600. The monoisotopic (exact) mass is 208 g/mol. The molecule has 1 aromatic heterocycles. The second kappa shape index (κ2) is 4.02. The molecule has 0 amide bonds. The van der Waals surface area contributed by atoms with Crippen LogP contribution < -0.4 is 11.4 Å². The van der Waals surface area contributed by atoms with Gasteiger partial charge in [-0.05, 0) is 18.4 Å². The normalized spacial score (nSPS) is 15.0. The summed E-state index contributed by atoms with van der Waals surface area (Å²) in [7, 11) is 0. The number of hydrogen-bond donors (Lipinski definition) is 1. The van der Waals surface area contributed by atoms with Crippen molar-refractivity contribution in [1.82, 2.24) is 14.3 Å². The van der Waals surface area contributed by atoms with Crippen molar-refractivity contribution in [2.45, 2.75) is 32.4 Å². The van der Waals surface area contributed by atoms with Crippen LogP contribution in [0.2, 0.25) is 0 Å². The molecule has 0 aliphatic carbocycles. The van der Waals surface area contributed by atoms with Crippen LogP contribution in [0.3, 0.4) is 0 Å². The predicted octanol–water partition coefficient (Wildman–Crippen LogP) is -0.104. The van der Waals surface area contributed by atoms with Gasteiger partial charge in [0.15, 0.2) is 0 Å². The Morgan fingerprint density at radius 2 is 2.33 bits per heavy atom. The van der Waals surface area contributed by atoms with E-state index in [2.05, 4.69) is 11.7 Å². The van der Waals surface area contributed by atoms with E-state index in [9.17, 15) is 4.79 Å². The molecule has 15 heavy (non-hydrogen) atoms. The van der Waals surface area contributed by atoms with Crippen LogP contribution in [-0.4, -0.2) is 20.9 Å². The zero-order valence-electron chi connectivity index (χ0n) is 8.78. The first-order valence-electron chi connectivity index (χ1n) is 5.25. The van der Waals surface area contributed by atoms with Gasteiger partial charge in [0, 0.05) is 19.5 Å². The number of nitrogens with two attached hydrogens (primary N) is 1. The van der Waals surface area contributed by atoms with Crippen LogP contribution in [0.15, 0.2) is 16.9 Å². The Balaban J connectivity index is 2.29. The van der Waals surface area contributed by atoms with Crippen molar-refractivity contribution in [3.05, 3.63) is 28.5 Å². The van der Waals surface area contributed by atoms with Crippen molar-refractivity contribution in [1.29, 1.82) is 0 Å². The minimum atomic E-state index is -0.0284. The topological polar surface area (TPSA) is 65.8 Å². The Bertz CT molecular complexity index is 429. The summed E-state index contributed by atoms with van der Waals surface area (Å²) in [5.41, 5.74) is 6.24. The van der Waals surface area contributed by atoms with Crippen LogP contribution in [0.1, 0.15) is 18.7 Å². The van der Waals surface area contributed by atoms with Crippen molar-refractivity contribution in [2.24, 2.45) is 5.73 Å². The number of fused-ring (bicyclic) bond motifs is 1. The molecule has 1 aromatic rings. The molecule has 82 valence electrons. The molecule has 1 aliphatic rings. The summed E-state index contributed by atoms with van der Waals surface area (Å²) in [4.78, 5) is 11.8. The Morgan fingerprint density at radius 3 is 3.00 bits per heavy atom. The Morgan fingerprint density at radius 1 is 1.53 bits per heavy atom. The first-order chi connectivity index (χ1) is 7.22. The smallest absolute Gasteiger partial charge is 0.327 e. The van der Waals surface area contributed by atoms with E-state index < -0.39 is 0 Å². The lowest BCUT2D eigenvalue weighted by molar-refractivity contribution is 0.511. The van der Waals surface area contributed by atoms with E-state index >= 15 is 0 Å². The van der Waals surface area contributed by atoms with E-state index in [-0.39, 0.29) is 5.69 Å². The second-order valence-electron chi connectivity index (χ2n) is 3.92. The van der Waals surface area contributed by atoms with Crippen molar-refractivity contribution in [2.75, 3.05) is 6.54 Å². The third-order valence-electron chi connectivity index (χ3n) is 2.69. The number of hydrogen-bond acceptors (Lipinski definition) is 3. The molecule has 0 aromatic carbocycles. The molecule has 5 nitrogen and oxygen atoms in total. The quantitative estimate of drug-likeness (QED) is 0.705. The summed E-state index contributed by atoms with van der Waals surface area (Å²) in [5, 5.41) is 4.29. The number of nitrogens with zero attached hydrogens (tertiary/aromatic N) is 3. The van der Waals surface area contributed by atoms with Crippen LogP contribution in [0, 0.1) is 0 Å². The Hall–Kier alpha value is -1.36. The summed E-state index contributed by atoms with van der Waals surface area (Å²) < 4.78 is 3.23. The van der Waals surface area contributed by atoms with Gasteiger partial charge < -0.3 is 5.73 Å². The van der Waals surface area contributed by atoms with Gasteiger partial charge in [-0.25, -0.2) is 9.48 Å². The lowest BCUT2D eigenvalue weighted by atomic mass is 10.2. The van der Waals surface area contributed by atoms with Gasteiger partial charge in [-0.2, -0.15) is 5.10 Å². The van der Waals surface area contributed by atoms with E-state index in [0.717, 1.165) is 37.2 Å². The average Bonchev–Trinajstić information content (AvgIpc) is 2.57. The van der Waals surface area contributed by atoms with Crippen molar-refractivity contribution in [3.8, 4) is 0 Å². The summed E-state index contributed by atoms with van der Waals surface area (Å²) in [6.45, 7) is 5.41. The van der Waals surface area contributed by atoms with Crippen molar-refractivity contribution < 1.29 is 0 Å². The first kappa shape index (κ1) is 10.2. The Kier molecular flexibility index (Phi) is 2.73. The summed E-state index contributed by atoms with van der Waals surface area (Å²) in [5.74, 6) is 0.899. The molecular weight excluding hydrogens is 192 g/mol. The minimum absolute atomic E-state index is 0.0284. The highest BCUT2D eigenvalue weighted by molar-refractivity contribution is 4.98. The maximum absolute atomic E-state index is 11.8. The van der Waals surface area contributed by atoms with E-state index in [1.807, 2.05) is 0 Å². The van der Waals surface area contributed by atoms with Crippen LogP contribution in [0.4, 0.5) is 0 Å². The standard InChI is InChI=1S/C10H16N4O/c1-8(6-11)7-14-10(15)13-5-3-2-4-9(13)12-14/h1-7,11H2. The zero-order chi connectivity index (χ0) is 10.8. The van der Waals surface area contributed by atoms with Gasteiger partial charge in [0.2, 0.25) is 0 Å². The van der Waals surface area contributed by atoms with E-state index in [1.54, 1.807) is 4.57 Å². The summed E-state index contributed by atoms with van der Waals surface area (Å²) in [6, 6.07) is 0. The van der Waals surface area contributed by atoms with Crippen LogP contribution >= 0.6 is 0 Å². The fourth-order valence-electron chi connectivity index (χ4n) is 1.83. The van der Waals surface area contributed by atoms with Crippen molar-refractivity contribution in [3.63, 3.8) is 0 Å². The molecule has 0 spiro atoms. The molecule has 0 radical (unpaired) electrons. The highest BCUT2D eigenvalue weighted by Gasteiger charge is 2.16. The molecular formula is C10H16N4O. The average molecular weight is 208 g/mol. The molecule has 5 heteroatoms. The molecule has 0 atom stereocenters. The lowest BCUT2D eigenvalue weighted by Gasteiger charge is -2.09. The highest BCUT2D eigenvalue weighted by atomic mass is 16.2.